The molecule has 0 aliphatic heterocycles. The number of aliphatic hydroxyl groups excluding tert-OH is 1. The summed E-state index contributed by atoms with van der Waals surface area (Å²) in [5.74, 6) is 0. The van der Waals surface area contributed by atoms with Gasteiger partial charge in [-0.25, -0.2) is 0 Å². The monoisotopic (exact) mass is 203 g/mol. The van der Waals surface area contributed by atoms with Crippen molar-refractivity contribution in [2.45, 2.75) is 49.1 Å². The standard InChI is InChI=1S/C10H21NOS/c1-8(7-12)13-10-6-4-3-5-9(10)11-2/h8-12H,3-7H2,1-2H3. The van der Waals surface area contributed by atoms with Crippen LogP contribution in [-0.2, 0) is 0 Å². The molecule has 0 aromatic carbocycles. The first-order valence-electron chi connectivity index (χ1n) is 5.21. The Hall–Kier alpha value is 0.270. The van der Waals surface area contributed by atoms with Crippen molar-refractivity contribution in [1.82, 2.24) is 5.32 Å². The highest BCUT2D eigenvalue weighted by molar-refractivity contribution is 8.00. The number of hydrogen-bond acceptors (Lipinski definition) is 3. The van der Waals surface area contributed by atoms with Gasteiger partial charge in [-0.05, 0) is 19.9 Å². The van der Waals surface area contributed by atoms with Crippen molar-refractivity contribution in [2.24, 2.45) is 0 Å². The van der Waals surface area contributed by atoms with E-state index in [-0.39, 0.29) is 0 Å². The van der Waals surface area contributed by atoms with Gasteiger partial charge in [-0.1, -0.05) is 19.8 Å². The SMILES string of the molecule is CNC1CCCCC1SC(C)CO. The fourth-order valence-electron chi connectivity index (χ4n) is 1.93. The quantitative estimate of drug-likeness (QED) is 0.728. The summed E-state index contributed by atoms with van der Waals surface area (Å²) in [4.78, 5) is 0. The van der Waals surface area contributed by atoms with Gasteiger partial charge in [0.05, 0.1) is 6.61 Å². The molecule has 1 fully saturated rings. The molecule has 0 radical (unpaired) electrons. The van der Waals surface area contributed by atoms with Gasteiger partial charge < -0.3 is 10.4 Å². The summed E-state index contributed by atoms with van der Waals surface area (Å²) < 4.78 is 0. The molecule has 0 aromatic rings. The first-order valence-corrected chi connectivity index (χ1v) is 6.15. The van der Waals surface area contributed by atoms with Crippen molar-refractivity contribution in [3.05, 3.63) is 0 Å². The van der Waals surface area contributed by atoms with Crippen molar-refractivity contribution in [3.63, 3.8) is 0 Å². The van der Waals surface area contributed by atoms with E-state index in [9.17, 15) is 0 Å². The molecule has 0 spiro atoms. The highest BCUT2D eigenvalue weighted by Crippen LogP contribution is 2.31. The number of aliphatic hydroxyl groups is 1. The van der Waals surface area contributed by atoms with E-state index < -0.39 is 0 Å². The maximum absolute atomic E-state index is 8.98. The van der Waals surface area contributed by atoms with Gasteiger partial charge in [0.25, 0.3) is 0 Å². The van der Waals surface area contributed by atoms with Crippen LogP contribution in [0.3, 0.4) is 0 Å². The molecule has 2 nitrogen and oxygen atoms in total. The van der Waals surface area contributed by atoms with Crippen LogP contribution in [0.5, 0.6) is 0 Å². The predicted molar refractivity (Wildman–Crippen MR) is 59.2 cm³/mol. The molecule has 2 N–H and O–H groups in total. The van der Waals surface area contributed by atoms with E-state index >= 15 is 0 Å². The van der Waals surface area contributed by atoms with E-state index in [0.29, 0.717) is 23.1 Å². The van der Waals surface area contributed by atoms with Gasteiger partial charge in [-0.15, -0.1) is 0 Å². The number of nitrogens with one attached hydrogen (secondary N) is 1. The van der Waals surface area contributed by atoms with Gasteiger partial charge >= 0.3 is 0 Å². The molecule has 1 saturated carbocycles. The van der Waals surface area contributed by atoms with Crippen molar-refractivity contribution >= 4 is 11.8 Å². The third-order valence-electron chi connectivity index (χ3n) is 2.74. The van der Waals surface area contributed by atoms with Crippen LogP contribution in [0.2, 0.25) is 0 Å². The second-order valence-corrected chi connectivity index (χ2v) is 5.53. The molecule has 1 aliphatic rings. The summed E-state index contributed by atoms with van der Waals surface area (Å²) in [6.07, 6.45) is 5.32. The Morgan fingerprint density at radius 3 is 2.77 bits per heavy atom. The fraction of sp³-hybridized carbons (Fsp3) is 1.00. The molecular weight excluding hydrogens is 182 g/mol. The van der Waals surface area contributed by atoms with E-state index in [4.69, 9.17) is 5.11 Å². The predicted octanol–water partition coefficient (Wildman–Crippen LogP) is 1.63. The van der Waals surface area contributed by atoms with Crippen LogP contribution in [0, 0.1) is 0 Å². The van der Waals surface area contributed by atoms with Gasteiger partial charge in [0.15, 0.2) is 0 Å². The Kier molecular flexibility index (Phi) is 5.14. The van der Waals surface area contributed by atoms with Gasteiger partial charge in [-0.3, -0.25) is 0 Å². The summed E-state index contributed by atoms with van der Waals surface area (Å²) in [7, 11) is 2.05. The minimum atomic E-state index is 0.303. The highest BCUT2D eigenvalue weighted by Gasteiger charge is 2.25. The molecule has 3 heteroatoms. The average Bonchev–Trinajstić information content (AvgIpc) is 2.18. The maximum Gasteiger partial charge on any atom is 0.0547 e. The lowest BCUT2D eigenvalue weighted by Crippen LogP contribution is -2.39. The number of hydrogen-bond donors (Lipinski definition) is 2. The van der Waals surface area contributed by atoms with Gasteiger partial charge in [-0.2, -0.15) is 11.8 Å². The van der Waals surface area contributed by atoms with Gasteiger partial charge in [0, 0.05) is 16.5 Å². The van der Waals surface area contributed by atoms with Crippen LogP contribution in [-0.4, -0.2) is 35.3 Å². The smallest absolute Gasteiger partial charge is 0.0547 e. The van der Waals surface area contributed by atoms with Crippen molar-refractivity contribution in [2.75, 3.05) is 13.7 Å². The van der Waals surface area contributed by atoms with Crippen molar-refractivity contribution < 1.29 is 5.11 Å². The first-order chi connectivity index (χ1) is 6.27. The third kappa shape index (κ3) is 3.49. The zero-order chi connectivity index (χ0) is 9.68. The number of thioether (sulfide) groups is 1. The zero-order valence-electron chi connectivity index (χ0n) is 8.62. The van der Waals surface area contributed by atoms with E-state index in [1.807, 2.05) is 18.8 Å². The Morgan fingerprint density at radius 1 is 1.46 bits per heavy atom. The van der Waals surface area contributed by atoms with E-state index in [1.54, 1.807) is 0 Å². The van der Waals surface area contributed by atoms with Crippen molar-refractivity contribution in [3.8, 4) is 0 Å². The van der Waals surface area contributed by atoms with E-state index in [1.165, 1.54) is 25.7 Å². The summed E-state index contributed by atoms with van der Waals surface area (Å²) in [5, 5.41) is 13.5. The normalized spacial score (nSPS) is 31.6. The Balaban J connectivity index is 2.35. The molecule has 13 heavy (non-hydrogen) atoms. The Morgan fingerprint density at radius 2 is 2.15 bits per heavy atom. The van der Waals surface area contributed by atoms with E-state index in [2.05, 4.69) is 12.2 Å². The summed E-state index contributed by atoms with van der Waals surface area (Å²) in [6.45, 7) is 2.41. The van der Waals surface area contributed by atoms with E-state index in [0.717, 1.165) is 0 Å². The molecule has 3 unspecified atom stereocenters. The second kappa shape index (κ2) is 5.89. The average molecular weight is 203 g/mol. The molecule has 3 atom stereocenters. The molecule has 1 aliphatic carbocycles. The van der Waals surface area contributed by atoms with Crippen LogP contribution in [0.1, 0.15) is 32.6 Å². The fourth-order valence-corrected chi connectivity index (χ4v) is 3.38. The molecular formula is C10H21NOS. The molecule has 1 rings (SSSR count). The van der Waals surface area contributed by atoms with Crippen LogP contribution in [0.25, 0.3) is 0 Å². The van der Waals surface area contributed by atoms with Crippen LogP contribution in [0.4, 0.5) is 0 Å². The molecule has 0 aromatic heterocycles. The van der Waals surface area contributed by atoms with Gasteiger partial charge in [0.1, 0.15) is 0 Å². The van der Waals surface area contributed by atoms with Crippen LogP contribution in [0.15, 0.2) is 0 Å². The van der Waals surface area contributed by atoms with Gasteiger partial charge in [0.2, 0.25) is 0 Å². The lowest BCUT2D eigenvalue weighted by Gasteiger charge is -2.32. The highest BCUT2D eigenvalue weighted by atomic mass is 32.2. The van der Waals surface area contributed by atoms with Crippen molar-refractivity contribution in [1.29, 1.82) is 0 Å². The van der Waals surface area contributed by atoms with Crippen LogP contribution < -0.4 is 5.32 Å². The molecule has 0 bridgehead atoms. The molecule has 0 saturated heterocycles. The number of rotatable bonds is 4. The lowest BCUT2D eigenvalue weighted by molar-refractivity contribution is 0.299. The third-order valence-corrected chi connectivity index (χ3v) is 4.27. The topological polar surface area (TPSA) is 32.3 Å². The minimum Gasteiger partial charge on any atom is -0.395 e. The summed E-state index contributed by atoms with van der Waals surface area (Å²) in [6, 6.07) is 0.660. The van der Waals surface area contributed by atoms with Crippen LogP contribution >= 0.6 is 11.8 Å². The molecule has 0 amide bonds. The summed E-state index contributed by atoms with van der Waals surface area (Å²) in [5.41, 5.74) is 0. The maximum atomic E-state index is 8.98. The summed E-state index contributed by atoms with van der Waals surface area (Å²) >= 11 is 1.94. The Bertz CT molecular complexity index is 143. The first kappa shape index (κ1) is 11.3. The Labute approximate surface area is 85.5 Å². The molecule has 78 valence electrons. The largest absolute Gasteiger partial charge is 0.395 e. The second-order valence-electron chi connectivity index (χ2n) is 3.85. The minimum absolute atomic E-state index is 0.303. The molecule has 0 heterocycles. The lowest BCUT2D eigenvalue weighted by atomic mass is 9.95. The zero-order valence-corrected chi connectivity index (χ0v) is 9.44.